The number of fused-ring (bicyclic) bond motifs is 1. The molecule has 2 aliphatic rings. The summed E-state index contributed by atoms with van der Waals surface area (Å²) in [5.74, 6) is 0.146. The number of hydrogen-bond donors (Lipinski definition) is 1. The third kappa shape index (κ3) is 4.26. The predicted molar refractivity (Wildman–Crippen MR) is 102 cm³/mol. The van der Waals surface area contributed by atoms with E-state index in [0.717, 1.165) is 31.2 Å². The zero-order chi connectivity index (χ0) is 17.9. The number of carbonyl (C=O) groups is 1. The van der Waals surface area contributed by atoms with E-state index in [1.54, 1.807) is 0 Å². The monoisotopic (exact) mass is 428 g/mol. The molecule has 5 nitrogen and oxygen atoms in total. The van der Waals surface area contributed by atoms with Crippen molar-refractivity contribution in [2.24, 2.45) is 5.92 Å². The molecule has 138 valence electrons. The van der Waals surface area contributed by atoms with Crippen molar-refractivity contribution in [3.05, 3.63) is 35.4 Å². The first-order valence-corrected chi connectivity index (χ1v) is 11.7. The molecule has 7 heteroatoms. The Hall–Kier alpha value is -0.920. The molecule has 0 unspecified atom stereocenters. The Bertz CT molecular complexity index is 717. The standard InChI is InChI=1S/C18H25BrN2O3S/c19-13-25(23,24)21-11-10-14-6-4-5-9-16(14)17(21)12-20-18(22)15-7-2-1-3-8-15/h4-6,9,15,17H,1-3,7-8,10-13H2,(H,20,22)/t17-/m1/s1. The highest BCUT2D eigenvalue weighted by Gasteiger charge is 2.35. The van der Waals surface area contributed by atoms with Gasteiger partial charge in [-0.2, -0.15) is 4.31 Å². The number of hydrogen-bond acceptors (Lipinski definition) is 3. The van der Waals surface area contributed by atoms with Crippen LogP contribution in [0, 0.1) is 5.92 Å². The molecule has 1 aliphatic carbocycles. The summed E-state index contributed by atoms with van der Waals surface area (Å²) in [6.07, 6.45) is 6.00. The van der Waals surface area contributed by atoms with Crippen LogP contribution in [-0.2, 0) is 21.2 Å². The van der Waals surface area contributed by atoms with E-state index in [0.29, 0.717) is 19.5 Å². The molecule has 1 heterocycles. The van der Waals surface area contributed by atoms with Crippen LogP contribution in [0.15, 0.2) is 24.3 Å². The van der Waals surface area contributed by atoms with Gasteiger partial charge in [0, 0.05) is 19.0 Å². The quantitative estimate of drug-likeness (QED) is 0.732. The van der Waals surface area contributed by atoms with E-state index in [2.05, 4.69) is 21.2 Å². The fraction of sp³-hybridized carbons (Fsp3) is 0.611. The summed E-state index contributed by atoms with van der Waals surface area (Å²) in [5, 5.41) is 3.03. The van der Waals surface area contributed by atoms with Crippen molar-refractivity contribution in [1.29, 1.82) is 0 Å². The number of benzene rings is 1. The third-order valence-corrected chi connectivity index (χ3v) is 8.47. The van der Waals surface area contributed by atoms with Gasteiger partial charge in [-0.25, -0.2) is 8.42 Å². The lowest BCUT2D eigenvalue weighted by molar-refractivity contribution is -0.126. The van der Waals surface area contributed by atoms with E-state index in [-0.39, 0.29) is 22.5 Å². The van der Waals surface area contributed by atoms with Crippen molar-refractivity contribution in [2.45, 2.75) is 44.6 Å². The minimum absolute atomic E-state index is 0.0685. The third-order valence-electron chi connectivity index (χ3n) is 5.30. The molecule has 1 amide bonds. The average molecular weight is 429 g/mol. The Balaban J connectivity index is 1.78. The van der Waals surface area contributed by atoms with Gasteiger partial charge in [0.2, 0.25) is 15.9 Å². The first-order valence-electron chi connectivity index (χ1n) is 8.94. The molecule has 1 fully saturated rings. The number of amides is 1. The second-order valence-corrected chi connectivity index (χ2v) is 10.1. The first-order chi connectivity index (χ1) is 12.0. The van der Waals surface area contributed by atoms with Crippen LogP contribution in [0.4, 0.5) is 0 Å². The van der Waals surface area contributed by atoms with Gasteiger partial charge in [0.05, 0.1) is 6.04 Å². The molecule has 0 spiro atoms. The fourth-order valence-electron chi connectivity index (χ4n) is 3.94. The van der Waals surface area contributed by atoms with E-state index in [4.69, 9.17) is 0 Å². The molecule has 25 heavy (non-hydrogen) atoms. The fourth-order valence-corrected chi connectivity index (χ4v) is 5.80. The van der Waals surface area contributed by atoms with E-state index >= 15 is 0 Å². The van der Waals surface area contributed by atoms with Crippen LogP contribution in [0.3, 0.4) is 0 Å². The largest absolute Gasteiger partial charge is 0.354 e. The summed E-state index contributed by atoms with van der Waals surface area (Å²) < 4.78 is 26.4. The summed E-state index contributed by atoms with van der Waals surface area (Å²) >= 11 is 3.10. The van der Waals surface area contributed by atoms with E-state index in [1.807, 2.05) is 24.3 Å². The molecule has 1 saturated carbocycles. The Morgan fingerprint density at radius 3 is 2.64 bits per heavy atom. The second kappa shape index (κ2) is 8.18. The molecule has 0 saturated heterocycles. The number of alkyl halides is 1. The highest BCUT2D eigenvalue weighted by molar-refractivity contribution is 9.10. The average Bonchev–Trinajstić information content (AvgIpc) is 2.66. The minimum atomic E-state index is -3.39. The molecule has 0 aromatic heterocycles. The Labute approximate surface area is 158 Å². The normalized spacial score (nSPS) is 22.4. The topological polar surface area (TPSA) is 66.5 Å². The molecular weight excluding hydrogens is 404 g/mol. The van der Waals surface area contributed by atoms with E-state index < -0.39 is 10.0 Å². The molecule has 1 atom stereocenters. The summed E-state index contributed by atoms with van der Waals surface area (Å²) in [5.41, 5.74) is 2.17. The molecule has 0 bridgehead atoms. The lowest BCUT2D eigenvalue weighted by atomic mass is 9.88. The summed E-state index contributed by atoms with van der Waals surface area (Å²) in [6, 6.07) is 7.59. The van der Waals surface area contributed by atoms with Crippen LogP contribution >= 0.6 is 15.9 Å². The number of halogens is 1. The van der Waals surface area contributed by atoms with Gasteiger partial charge in [-0.3, -0.25) is 4.79 Å². The zero-order valence-corrected chi connectivity index (χ0v) is 16.7. The number of nitrogens with zero attached hydrogens (tertiary/aromatic N) is 1. The molecule has 1 aromatic rings. The van der Waals surface area contributed by atoms with Gasteiger partial charge in [-0.05, 0) is 30.4 Å². The number of nitrogens with one attached hydrogen (secondary N) is 1. The van der Waals surface area contributed by atoms with Crippen LogP contribution < -0.4 is 5.32 Å². The summed E-state index contributed by atoms with van der Waals surface area (Å²) in [7, 11) is -3.39. The van der Waals surface area contributed by atoms with Crippen molar-refractivity contribution in [3.63, 3.8) is 0 Å². The van der Waals surface area contributed by atoms with Crippen LogP contribution in [0.1, 0.15) is 49.3 Å². The smallest absolute Gasteiger partial charge is 0.224 e. The Morgan fingerprint density at radius 2 is 1.92 bits per heavy atom. The molecular formula is C18H25BrN2O3S. The van der Waals surface area contributed by atoms with Gasteiger partial charge >= 0.3 is 0 Å². The van der Waals surface area contributed by atoms with Gasteiger partial charge in [-0.15, -0.1) is 0 Å². The molecule has 1 N–H and O–H groups in total. The van der Waals surface area contributed by atoms with E-state index in [1.165, 1.54) is 16.3 Å². The molecule has 0 radical (unpaired) electrons. The van der Waals surface area contributed by atoms with Crippen molar-refractivity contribution in [1.82, 2.24) is 9.62 Å². The summed E-state index contributed by atoms with van der Waals surface area (Å²) in [6.45, 7) is 0.785. The molecule has 3 rings (SSSR count). The minimum Gasteiger partial charge on any atom is -0.354 e. The van der Waals surface area contributed by atoms with E-state index in [9.17, 15) is 13.2 Å². The van der Waals surface area contributed by atoms with Gasteiger partial charge in [0.15, 0.2) is 0 Å². The van der Waals surface area contributed by atoms with Gasteiger partial charge in [-0.1, -0.05) is 59.5 Å². The number of sulfonamides is 1. The molecule has 1 aliphatic heterocycles. The maximum Gasteiger partial charge on any atom is 0.224 e. The van der Waals surface area contributed by atoms with Gasteiger partial charge in [0.25, 0.3) is 0 Å². The number of carbonyl (C=O) groups excluding carboxylic acids is 1. The van der Waals surface area contributed by atoms with Crippen LogP contribution in [0.2, 0.25) is 0 Å². The lowest BCUT2D eigenvalue weighted by Crippen LogP contribution is -2.46. The van der Waals surface area contributed by atoms with Crippen molar-refractivity contribution < 1.29 is 13.2 Å². The lowest BCUT2D eigenvalue weighted by Gasteiger charge is -2.36. The highest BCUT2D eigenvalue weighted by atomic mass is 79.9. The maximum absolute atomic E-state index is 12.5. The number of rotatable bonds is 5. The van der Waals surface area contributed by atoms with Crippen molar-refractivity contribution in [2.75, 3.05) is 17.8 Å². The van der Waals surface area contributed by atoms with Crippen molar-refractivity contribution in [3.8, 4) is 0 Å². The highest BCUT2D eigenvalue weighted by Crippen LogP contribution is 2.32. The predicted octanol–water partition coefficient (Wildman–Crippen LogP) is 2.96. The Kier molecular flexibility index (Phi) is 6.17. The van der Waals surface area contributed by atoms with Gasteiger partial charge in [0.1, 0.15) is 4.66 Å². The Morgan fingerprint density at radius 1 is 1.20 bits per heavy atom. The molecule has 1 aromatic carbocycles. The first kappa shape index (κ1) is 18.9. The van der Waals surface area contributed by atoms with Crippen LogP contribution in [-0.4, -0.2) is 36.4 Å². The SMILES string of the molecule is O=C(NC[C@@H]1c2ccccc2CCN1S(=O)(=O)CBr)C1CCCCC1. The van der Waals surface area contributed by atoms with Crippen LogP contribution in [0.5, 0.6) is 0 Å². The summed E-state index contributed by atoms with van der Waals surface area (Å²) in [4.78, 5) is 12.5. The maximum atomic E-state index is 12.5. The van der Waals surface area contributed by atoms with Crippen molar-refractivity contribution >= 4 is 31.9 Å². The second-order valence-electron chi connectivity index (χ2n) is 6.88. The zero-order valence-electron chi connectivity index (χ0n) is 14.3. The van der Waals surface area contributed by atoms with Gasteiger partial charge < -0.3 is 5.32 Å². The van der Waals surface area contributed by atoms with Crippen LogP contribution in [0.25, 0.3) is 0 Å².